The number of likely N-dealkylation sites (N-methyl/N-ethyl adjacent to an activating group) is 1. The molecule has 1 unspecified atom stereocenters. The number of aliphatic carboxylic acids is 1. The third-order valence-corrected chi connectivity index (χ3v) is 5.53. The second-order valence-electron chi connectivity index (χ2n) is 8.42. The number of hydrogen-bond acceptors (Lipinski definition) is 8. The minimum absolute atomic E-state index is 0.316. The van der Waals surface area contributed by atoms with Crippen molar-refractivity contribution in [3.63, 3.8) is 0 Å². The van der Waals surface area contributed by atoms with E-state index in [1.165, 1.54) is 18.0 Å². The van der Waals surface area contributed by atoms with Gasteiger partial charge in [0.05, 0.1) is 10.6 Å². The number of carboxylic acid groups (broad SMARTS) is 1. The number of amides is 2. The molecule has 12 heteroatoms. The Kier molecular flexibility index (Phi) is 10.6. The number of aromatic nitrogens is 1. The maximum Gasteiger partial charge on any atom is 0.412 e. The molecule has 2 saturated heterocycles. The zero-order valence-electron chi connectivity index (χ0n) is 21.0. The topological polar surface area (TPSA) is 136 Å². The van der Waals surface area contributed by atoms with Crippen molar-refractivity contribution < 1.29 is 29.3 Å². The van der Waals surface area contributed by atoms with Gasteiger partial charge in [-0.05, 0) is 46.9 Å². The average molecular weight is 522 g/mol. The molecule has 3 heterocycles. The third kappa shape index (κ3) is 7.36. The number of anilines is 1. The summed E-state index contributed by atoms with van der Waals surface area (Å²) in [5.41, 5.74) is 1.58. The number of aliphatic imine (C=N–C) groups is 1. The van der Waals surface area contributed by atoms with Crippen LogP contribution in [-0.4, -0.2) is 94.2 Å². The molecule has 0 aliphatic carbocycles. The van der Waals surface area contributed by atoms with E-state index in [4.69, 9.17) is 26.6 Å². The first-order valence-electron chi connectivity index (χ1n) is 11.3. The Balaban J connectivity index is 0.000000678. The fourth-order valence-electron chi connectivity index (χ4n) is 3.34. The standard InChI is InChI=1S/C21H26ClN5O3.C3H6O3/c1-5-8-23-18-17(14(2)3)19(28)27(16-7-6-15(22)13-24-16)20(18)30-21(29)26-11-9-25(4)10-12-26;1-2(4)3(5)6/h5-8,13,20H,9-12H2,1-4H3;2,4H,1H3,(H,5,6)/b8-5-,23-18?;/t;2-/m.1/s1. The van der Waals surface area contributed by atoms with E-state index in [1.54, 1.807) is 29.3 Å². The predicted molar refractivity (Wildman–Crippen MR) is 136 cm³/mol. The molecule has 0 radical (unpaired) electrons. The van der Waals surface area contributed by atoms with Gasteiger partial charge in [0, 0.05) is 38.6 Å². The van der Waals surface area contributed by atoms with E-state index in [2.05, 4.69) is 14.9 Å². The van der Waals surface area contributed by atoms with Crippen LogP contribution in [0.1, 0.15) is 27.7 Å². The molecule has 3 rings (SSSR count). The number of ether oxygens (including phenoxy) is 1. The quantitative estimate of drug-likeness (QED) is 0.577. The number of nitrogens with zero attached hydrogens (tertiary/aromatic N) is 5. The van der Waals surface area contributed by atoms with Crippen LogP contribution in [0.15, 0.2) is 46.7 Å². The van der Waals surface area contributed by atoms with Crippen molar-refractivity contribution in [2.45, 2.75) is 40.0 Å². The van der Waals surface area contributed by atoms with Crippen LogP contribution in [0.3, 0.4) is 0 Å². The fraction of sp³-hybridized carbons (Fsp3) is 0.458. The summed E-state index contributed by atoms with van der Waals surface area (Å²) in [6.07, 6.45) is 2.06. The van der Waals surface area contributed by atoms with Gasteiger partial charge in [-0.1, -0.05) is 23.3 Å². The van der Waals surface area contributed by atoms with E-state index in [0.29, 0.717) is 35.2 Å². The van der Waals surface area contributed by atoms with Crippen LogP contribution in [0.25, 0.3) is 0 Å². The van der Waals surface area contributed by atoms with Crippen LogP contribution in [0.2, 0.25) is 5.02 Å². The Hall–Kier alpha value is -3.28. The number of carboxylic acids is 1. The van der Waals surface area contributed by atoms with Crippen molar-refractivity contribution in [3.8, 4) is 0 Å². The van der Waals surface area contributed by atoms with Gasteiger partial charge in [0.2, 0.25) is 6.23 Å². The van der Waals surface area contributed by atoms with E-state index in [9.17, 15) is 14.4 Å². The number of aliphatic hydroxyl groups is 1. The number of carbonyl (C=O) groups excluding carboxylic acids is 2. The molecule has 2 atom stereocenters. The molecule has 0 bridgehead atoms. The minimum Gasteiger partial charge on any atom is -0.479 e. The molecular weight excluding hydrogens is 490 g/mol. The number of aliphatic hydroxyl groups excluding tert-OH is 1. The molecule has 11 nitrogen and oxygen atoms in total. The lowest BCUT2D eigenvalue weighted by Crippen LogP contribution is -2.50. The number of hydrogen-bond donors (Lipinski definition) is 2. The molecule has 2 aliphatic heterocycles. The zero-order valence-corrected chi connectivity index (χ0v) is 21.8. The minimum atomic E-state index is -1.23. The molecule has 2 fully saturated rings. The smallest absolute Gasteiger partial charge is 0.412 e. The van der Waals surface area contributed by atoms with Gasteiger partial charge in [-0.25, -0.2) is 19.5 Å². The Morgan fingerprint density at radius 1 is 1.25 bits per heavy atom. The van der Waals surface area contributed by atoms with Gasteiger partial charge in [-0.3, -0.25) is 9.79 Å². The van der Waals surface area contributed by atoms with Crippen molar-refractivity contribution in [3.05, 3.63) is 46.8 Å². The van der Waals surface area contributed by atoms with Crippen LogP contribution < -0.4 is 4.90 Å². The van der Waals surface area contributed by atoms with Gasteiger partial charge >= 0.3 is 12.1 Å². The Morgan fingerprint density at radius 2 is 1.86 bits per heavy atom. The molecular formula is C24H32ClN5O6. The van der Waals surface area contributed by atoms with Gasteiger partial charge in [-0.2, -0.15) is 0 Å². The molecule has 36 heavy (non-hydrogen) atoms. The third-order valence-electron chi connectivity index (χ3n) is 5.31. The van der Waals surface area contributed by atoms with E-state index in [0.717, 1.165) is 18.7 Å². The first-order chi connectivity index (χ1) is 17.0. The van der Waals surface area contributed by atoms with Crippen LogP contribution in [0.5, 0.6) is 0 Å². The highest BCUT2D eigenvalue weighted by atomic mass is 35.5. The fourth-order valence-corrected chi connectivity index (χ4v) is 3.45. The molecule has 2 aliphatic rings. The predicted octanol–water partition coefficient (Wildman–Crippen LogP) is 2.55. The monoisotopic (exact) mass is 521 g/mol. The molecule has 0 aromatic carbocycles. The summed E-state index contributed by atoms with van der Waals surface area (Å²) < 4.78 is 5.85. The van der Waals surface area contributed by atoms with Crippen molar-refractivity contribution >= 4 is 41.1 Å². The van der Waals surface area contributed by atoms with Gasteiger partial charge < -0.3 is 24.7 Å². The second kappa shape index (κ2) is 13.1. The van der Waals surface area contributed by atoms with E-state index >= 15 is 0 Å². The maximum absolute atomic E-state index is 13.3. The van der Waals surface area contributed by atoms with Gasteiger partial charge in [-0.15, -0.1) is 0 Å². The van der Waals surface area contributed by atoms with E-state index in [-0.39, 0.29) is 5.91 Å². The van der Waals surface area contributed by atoms with Crippen molar-refractivity contribution in [1.29, 1.82) is 0 Å². The number of carbonyl (C=O) groups is 3. The van der Waals surface area contributed by atoms with E-state index in [1.807, 2.05) is 27.8 Å². The first-order valence-corrected chi connectivity index (χ1v) is 11.7. The lowest BCUT2D eigenvalue weighted by Gasteiger charge is -2.33. The maximum atomic E-state index is 13.3. The summed E-state index contributed by atoms with van der Waals surface area (Å²) in [6, 6.07) is 3.26. The summed E-state index contributed by atoms with van der Waals surface area (Å²) in [6.45, 7) is 9.33. The van der Waals surface area contributed by atoms with Crippen molar-refractivity contribution in [2.75, 3.05) is 38.1 Å². The summed E-state index contributed by atoms with van der Waals surface area (Å²) in [5.74, 6) is -1.16. The highest BCUT2D eigenvalue weighted by molar-refractivity contribution is 6.35. The van der Waals surface area contributed by atoms with Gasteiger partial charge in [0.25, 0.3) is 5.91 Å². The summed E-state index contributed by atoms with van der Waals surface area (Å²) in [7, 11) is 2.01. The Morgan fingerprint density at radius 3 is 2.33 bits per heavy atom. The summed E-state index contributed by atoms with van der Waals surface area (Å²) in [5, 5.41) is 16.2. The van der Waals surface area contributed by atoms with Crippen LogP contribution in [0, 0.1) is 0 Å². The molecule has 1 aromatic heterocycles. The Labute approximate surface area is 215 Å². The second-order valence-corrected chi connectivity index (χ2v) is 8.86. The number of halogens is 1. The molecule has 2 amide bonds. The molecule has 0 spiro atoms. The SMILES string of the molecule is C/C=C\N=C1C(=C(C)C)C(=O)N(c2ccc(Cl)cn2)C1OC(=O)N1CCN(C)CC1.C[C@@H](O)C(=O)O. The molecule has 196 valence electrons. The van der Waals surface area contributed by atoms with Crippen molar-refractivity contribution in [1.82, 2.24) is 14.8 Å². The van der Waals surface area contributed by atoms with Crippen LogP contribution >= 0.6 is 11.6 Å². The number of allylic oxidation sites excluding steroid dienone is 2. The zero-order chi connectivity index (χ0) is 27.0. The lowest BCUT2D eigenvalue weighted by molar-refractivity contribution is -0.145. The van der Waals surface area contributed by atoms with Gasteiger partial charge in [0.15, 0.2) is 0 Å². The van der Waals surface area contributed by atoms with Crippen LogP contribution in [-0.2, 0) is 14.3 Å². The number of piperazine rings is 1. The van der Waals surface area contributed by atoms with Gasteiger partial charge in [0.1, 0.15) is 17.6 Å². The number of pyridine rings is 1. The molecule has 2 N–H and O–H groups in total. The summed E-state index contributed by atoms with van der Waals surface area (Å²) >= 11 is 5.96. The normalized spacial score (nSPS) is 20.4. The molecule has 0 saturated carbocycles. The first kappa shape index (κ1) is 29.0. The Bertz CT molecular complexity index is 1040. The molecule has 1 aromatic rings. The number of rotatable bonds is 4. The average Bonchev–Trinajstić information content (AvgIpc) is 3.09. The highest BCUT2D eigenvalue weighted by Crippen LogP contribution is 2.31. The van der Waals surface area contributed by atoms with E-state index < -0.39 is 24.4 Å². The summed E-state index contributed by atoms with van der Waals surface area (Å²) in [4.78, 5) is 49.5. The largest absolute Gasteiger partial charge is 0.479 e. The lowest BCUT2D eigenvalue weighted by atomic mass is 10.1. The van der Waals surface area contributed by atoms with Crippen LogP contribution in [0.4, 0.5) is 10.6 Å². The highest BCUT2D eigenvalue weighted by Gasteiger charge is 2.46. The van der Waals surface area contributed by atoms with Crippen molar-refractivity contribution in [2.24, 2.45) is 4.99 Å².